The highest BCUT2D eigenvalue weighted by Gasteiger charge is 2.35. The molecule has 2 heterocycles. The first kappa shape index (κ1) is 16.2. The van der Waals surface area contributed by atoms with Gasteiger partial charge in [0.2, 0.25) is 0 Å². The molecule has 0 aliphatic carbocycles. The lowest BCUT2D eigenvalue weighted by molar-refractivity contribution is -0.0459. The Kier molecular flexibility index (Phi) is 5.59. The molecule has 2 rings (SSSR count). The Bertz CT molecular complexity index is 538. The van der Waals surface area contributed by atoms with Gasteiger partial charge in [0.15, 0.2) is 0 Å². The Labute approximate surface area is 125 Å². The maximum atomic E-state index is 11.9. The second-order valence-corrected chi connectivity index (χ2v) is 5.84. The molecule has 118 valence electrons. The zero-order chi connectivity index (χ0) is 15.4. The molecule has 3 atom stereocenters. The van der Waals surface area contributed by atoms with Gasteiger partial charge < -0.3 is 25.8 Å². The Morgan fingerprint density at radius 2 is 2.29 bits per heavy atom. The summed E-state index contributed by atoms with van der Waals surface area (Å²) in [5, 5.41) is 27.6. The van der Waals surface area contributed by atoms with Gasteiger partial charge in [-0.1, -0.05) is 0 Å². The summed E-state index contributed by atoms with van der Waals surface area (Å²) in [6.45, 7) is -0.248. The van der Waals surface area contributed by atoms with Crippen molar-refractivity contribution in [3.8, 4) is 0 Å². The fourth-order valence-corrected chi connectivity index (χ4v) is 2.85. The minimum Gasteiger partial charge on any atom is -0.396 e. The molecule has 0 aromatic carbocycles. The average Bonchev–Trinajstić information content (AvgIpc) is 2.82. The number of aromatic nitrogens is 2. The third-order valence-electron chi connectivity index (χ3n) is 3.25. The number of hydrogen-bond acceptors (Lipinski definition) is 8. The van der Waals surface area contributed by atoms with E-state index in [1.165, 1.54) is 16.3 Å². The molecular formula is C12H19N3O5S. The molecule has 0 radical (unpaired) electrons. The van der Waals surface area contributed by atoms with Crippen molar-refractivity contribution < 1.29 is 20.1 Å². The van der Waals surface area contributed by atoms with Crippen molar-refractivity contribution in [3.63, 3.8) is 0 Å². The van der Waals surface area contributed by atoms with Crippen LogP contribution in [0.2, 0.25) is 0 Å². The van der Waals surface area contributed by atoms with E-state index in [9.17, 15) is 9.90 Å². The van der Waals surface area contributed by atoms with Crippen LogP contribution < -0.4 is 11.4 Å². The smallest absolute Gasteiger partial charge is 0.351 e. The van der Waals surface area contributed by atoms with Crippen LogP contribution in [0.25, 0.3) is 0 Å². The van der Waals surface area contributed by atoms with Crippen LogP contribution in [0.5, 0.6) is 0 Å². The maximum Gasteiger partial charge on any atom is 0.351 e. The molecule has 0 amide bonds. The number of nitrogens with zero attached hydrogens (tertiary/aromatic N) is 2. The first-order chi connectivity index (χ1) is 10.1. The average molecular weight is 317 g/mol. The van der Waals surface area contributed by atoms with Crippen LogP contribution in [0.4, 0.5) is 5.82 Å². The van der Waals surface area contributed by atoms with Gasteiger partial charge in [0.1, 0.15) is 18.1 Å². The van der Waals surface area contributed by atoms with E-state index in [-0.39, 0.29) is 25.5 Å². The van der Waals surface area contributed by atoms with Crippen molar-refractivity contribution in [2.75, 3.05) is 24.7 Å². The van der Waals surface area contributed by atoms with Crippen LogP contribution in [-0.2, 0) is 10.5 Å². The second kappa shape index (κ2) is 7.23. The van der Waals surface area contributed by atoms with Gasteiger partial charge in [-0.25, -0.2) is 4.79 Å². The van der Waals surface area contributed by atoms with Gasteiger partial charge in [-0.2, -0.15) is 16.7 Å². The Hall–Kier alpha value is -1.13. The van der Waals surface area contributed by atoms with Crippen LogP contribution in [-0.4, -0.2) is 56.0 Å². The van der Waals surface area contributed by atoms with Crippen LogP contribution in [0.15, 0.2) is 11.0 Å². The quantitative estimate of drug-likeness (QED) is 0.476. The van der Waals surface area contributed by atoms with Gasteiger partial charge in [-0.05, 0) is 0 Å². The fraction of sp³-hybridized carbons (Fsp3) is 0.667. The third kappa shape index (κ3) is 3.74. The zero-order valence-corrected chi connectivity index (χ0v) is 12.2. The number of ether oxygens (including phenoxy) is 1. The summed E-state index contributed by atoms with van der Waals surface area (Å²) >= 11 is 1.47. The van der Waals surface area contributed by atoms with E-state index in [4.69, 9.17) is 20.7 Å². The molecule has 0 saturated carbocycles. The minimum absolute atomic E-state index is 0.0632. The molecule has 1 aromatic heterocycles. The summed E-state index contributed by atoms with van der Waals surface area (Å²) in [6.07, 6.45) is -0.422. The standard InChI is InChI=1S/C12H19N3O5S/c13-11-7(6-21-2-1-16)4-15(12(19)14-11)10-3-8(18)9(5-17)20-10/h4,8-10,16-18H,1-3,5-6H2,(H2,13,14,19)/t8?,9-,10-/m1/s1. The Morgan fingerprint density at radius 3 is 2.90 bits per heavy atom. The Morgan fingerprint density at radius 1 is 1.52 bits per heavy atom. The monoisotopic (exact) mass is 317 g/mol. The molecule has 9 heteroatoms. The molecule has 5 N–H and O–H groups in total. The molecule has 1 aliphatic heterocycles. The van der Waals surface area contributed by atoms with Crippen molar-refractivity contribution in [1.29, 1.82) is 0 Å². The highest BCUT2D eigenvalue weighted by Crippen LogP contribution is 2.28. The number of thioether (sulfide) groups is 1. The molecule has 1 aromatic rings. The molecule has 1 aliphatic rings. The topological polar surface area (TPSA) is 131 Å². The number of aliphatic hydroxyl groups is 3. The Balaban J connectivity index is 2.19. The zero-order valence-electron chi connectivity index (χ0n) is 11.4. The van der Waals surface area contributed by atoms with E-state index in [0.29, 0.717) is 17.1 Å². The number of aliphatic hydroxyl groups excluding tert-OH is 3. The highest BCUT2D eigenvalue weighted by atomic mass is 32.2. The van der Waals surface area contributed by atoms with Crippen molar-refractivity contribution in [2.24, 2.45) is 0 Å². The number of hydrogen-bond donors (Lipinski definition) is 4. The maximum absolute atomic E-state index is 11.9. The molecule has 21 heavy (non-hydrogen) atoms. The molecule has 0 spiro atoms. The second-order valence-electron chi connectivity index (χ2n) is 4.73. The van der Waals surface area contributed by atoms with E-state index in [0.717, 1.165) is 0 Å². The van der Waals surface area contributed by atoms with Gasteiger partial charge >= 0.3 is 5.69 Å². The third-order valence-corrected chi connectivity index (χ3v) is 4.23. The van der Waals surface area contributed by atoms with Crippen LogP contribution in [0.1, 0.15) is 18.2 Å². The lowest BCUT2D eigenvalue weighted by Gasteiger charge is -2.16. The van der Waals surface area contributed by atoms with Crippen molar-refractivity contribution >= 4 is 17.6 Å². The molecular weight excluding hydrogens is 298 g/mol. The van der Waals surface area contributed by atoms with Crippen LogP contribution >= 0.6 is 11.8 Å². The summed E-state index contributed by atoms with van der Waals surface area (Å²) < 4.78 is 6.73. The van der Waals surface area contributed by atoms with Crippen LogP contribution in [0, 0.1) is 0 Å². The molecule has 0 bridgehead atoms. The van der Waals surface area contributed by atoms with E-state index in [1.54, 1.807) is 6.20 Å². The SMILES string of the molecule is Nc1nc(=O)n([C@H]2CC(O)[C@@H](CO)O2)cc1CSCCO. The van der Waals surface area contributed by atoms with E-state index < -0.39 is 24.1 Å². The van der Waals surface area contributed by atoms with Crippen molar-refractivity contribution in [3.05, 3.63) is 22.2 Å². The molecule has 1 fully saturated rings. The lowest BCUT2D eigenvalue weighted by atomic mass is 10.2. The van der Waals surface area contributed by atoms with E-state index >= 15 is 0 Å². The number of anilines is 1. The van der Waals surface area contributed by atoms with Gasteiger partial charge in [-0.15, -0.1) is 0 Å². The normalized spacial score (nSPS) is 25.4. The summed E-state index contributed by atoms with van der Waals surface area (Å²) in [5.74, 6) is 1.22. The van der Waals surface area contributed by atoms with E-state index in [2.05, 4.69) is 4.98 Å². The molecule has 1 unspecified atom stereocenters. The van der Waals surface area contributed by atoms with Gasteiger partial charge in [-0.3, -0.25) is 4.57 Å². The number of nitrogens with two attached hydrogens (primary N) is 1. The van der Waals surface area contributed by atoms with Crippen molar-refractivity contribution in [1.82, 2.24) is 9.55 Å². The summed E-state index contributed by atoms with van der Waals surface area (Å²) in [5.41, 5.74) is 5.83. The van der Waals surface area contributed by atoms with Gasteiger partial charge in [0.25, 0.3) is 0 Å². The predicted molar refractivity (Wildman–Crippen MR) is 77.8 cm³/mol. The first-order valence-electron chi connectivity index (χ1n) is 6.57. The largest absolute Gasteiger partial charge is 0.396 e. The predicted octanol–water partition coefficient (Wildman–Crippen LogP) is -1.31. The summed E-state index contributed by atoms with van der Waals surface area (Å²) in [4.78, 5) is 15.7. The minimum atomic E-state index is -0.823. The number of rotatable bonds is 6. The van der Waals surface area contributed by atoms with E-state index in [1.807, 2.05) is 0 Å². The summed E-state index contributed by atoms with van der Waals surface area (Å²) in [7, 11) is 0. The van der Waals surface area contributed by atoms with Crippen LogP contribution in [0.3, 0.4) is 0 Å². The highest BCUT2D eigenvalue weighted by molar-refractivity contribution is 7.98. The fourth-order valence-electron chi connectivity index (χ4n) is 2.14. The number of nitrogen functional groups attached to an aromatic ring is 1. The molecule has 1 saturated heterocycles. The van der Waals surface area contributed by atoms with Crippen molar-refractivity contribution in [2.45, 2.75) is 30.6 Å². The van der Waals surface area contributed by atoms with Gasteiger partial charge in [0.05, 0.1) is 19.3 Å². The summed E-state index contributed by atoms with van der Waals surface area (Å²) in [6, 6.07) is 0. The first-order valence-corrected chi connectivity index (χ1v) is 7.72. The lowest BCUT2D eigenvalue weighted by Crippen LogP contribution is -2.29. The molecule has 8 nitrogen and oxygen atoms in total. The van der Waals surface area contributed by atoms with Gasteiger partial charge in [0, 0.05) is 29.7 Å².